The summed E-state index contributed by atoms with van der Waals surface area (Å²) in [5.41, 5.74) is -1.16. The van der Waals surface area contributed by atoms with Gasteiger partial charge in [0.15, 0.2) is 5.67 Å². The molecular formula is C9H13FN2O2. The van der Waals surface area contributed by atoms with Crippen LogP contribution in [0, 0.1) is 0 Å². The van der Waals surface area contributed by atoms with Crippen molar-refractivity contribution in [3.05, 3.63) is 17.7 Å². The summed E-state index contributed by atoms with van der Waals surface area (Å²) in [7, 11) is 0. The van der Waals surface area contributed by atoms with Crippen LogP contribution in [0.15, 0.2) is 6.20 Å². The van der Waals surface area contributed by atoms with Crippen LogP contribution in [-0.4, -0.2) is 21.0 Å². The summed E-state index contributed by atoms with van der Waals surface area (Å²) in [5.74, 6) is -1.50. The standard InChI is InChI=1S/C9H13FN2O2/c1-5(7(13)14)6-4-11-8(12-6)9(2,3)10/h4-5H,1-3H3,(H,11,12)(H,13,14). The SMILES string of the molecule is CC(C(=O)O)c1cnc(C(C)(C)F)[nH]1. The van der Waals surface area contributed by atoms with Gasteiger partial charge in [0.25, 0.3) is 0 Å². The summed E-state index contributed by atoms with van der Waals surface area (Å²) in [6.45, 7) is 4.24. The number of carboxylic acids is 1. The molecular weight excluding hydrogens is 187 g/mol. The zero-order valence-corrected chi connectivity index (χ0v) is 8.34. The lowest BCUT2D eigenvalue weighted by molar-refractivity contribution is -0.138. The molecule has 0 aliphatic rings. The quantitative estimate of drug-likeness (QED) is 0.781. The number of carbonyl (C=O) groups is 1. The number of halogens is 1. The van der Waals surface area contributed by atoms with Crippen molar-refractivity contribution in [3.8, 4) is 0 Å². The van der Waals surface area contributed by atoms with E-state index in [1.807, 2.05) is 0 Å². The molecule has 78 valence electrons. The second kappa shape index (κ2) is 3.40. The zero-order valence-electron chi connectivity index (χ0n) is 8.34. The van der Waals surface area contributed by atoms with Crippen LogP contribution in [0.25, 0.3) is 0 Å². The lowest BCUT2D eigenvalue weighted by atomic mass is 10.1. The number of hydrogen-bond acceptors (Lipinski definition) is 2. The van der Waals surface area contributed by atoms with Crippen molar-refractivity contribution in [1.29, 1.82) is 0 Å². The second-order valence-corrected chi connectivity index (χ2v) is 3.72. The minimum Gasteiger partial charge on any atom is -0.481 e. The fraction of sp³-hybridized carbons (Fsp3) is 0.556. The van der Waals surface area contributed by atoms with Crippen molar-refractivity contribution in [3.63, 3.8) is 0 Å². The van der Waals surface area contributed by atoms with Gasteiger partial charge in [-0.1, -0.05) is 0 Å². The van der Waals surface area contributed by atoms with Gasteiger partial charge in [0.05, 0.1) is 5.92 Å². The number of alkyl halides is 1. The highest BCUT2D eigenvalue weighted by molar-refractivity contribution is 5.74. The van der Waals surface area contributed by atoms with E-state index in [1.165, 1.54) is 27.0 Å². The Morgan fingerprint density at radius 3 is 2.64 bits per heavy atom. The van der Waals surface area contributed by atoms with Crippen LogP contribution >= 0.6 is 0 Å². The van der Waals surface area contributed by atoms with Crippen LogP contribution in [0.3, 0.4) is 0 Å². The molecule has 0 saturated heterocycles. The third-order valence-corrected chi connectivity index (χ3v) is 2.00. The van der Waals surface area contributed by atoms with Gasteiger partial charge in [0.2, 0.25) is 0 Å². The third-order valence-electron chi connectivity index (χ3n) is 2.00. The van der Waals surface area contributed by atoms with E-state index in [-0.39, 0.29) is 5.82 Å². The fourth-order valence-electron chi connectivity index (χ4n) is 0.991. The number of carboxylic acid groups (broad SMARTS) is 1. The molecule has 0 radical (unpaired) electrons. The first-order chi connectivity index (χ1) is 6.32. The van der Waals surface area contributed by atoms with Crippen molar-refractivity contribution in [1.82, 2.24) is 9.97 Å². The highest BCUT2D eigenvalue weighted by Gasteiger charge is 2.24. The van der Waals surface area contributed by atoms with Crippen LogP contribution in [-0.2, 0) is 10.5 Å². The molecule has 0 amide bonds. The molecule has 1 unspecified atom stereocenters. The summed E-state index contributed by atoms with van der Waals surface area (Å²) < 4.78 is 13.4. The van der Waals surface area contributed by atoms with Crippen molar-refractivity contribution < 1.29 is 14.3 Å². The van der Waals surface area contributed by atoms with Gasteiger partial charge in [-0.25, -0.2) is 9.37 Å². The first-order valence-corrected chi connectivity index (χ1v) is 4.29. The van der Waals surface area contributed by atoms with E-state index in [2.05, 4.69) is 9.97 Å². The Hall–Kier alpha value is -1.39. The number of hydrogen-bond donors (Lipinski definition) is 2. The normalized spacial score (nSPS) is 14.0. The van der Waals surface area contributed by atoms with Crippen molar-refractivity contribution in [2.24, 2.45) is 0 Å². The summed E-state index contributed by atoms with van der Waals surface area (Å²) in [5, 5.41) is 8.71. The number of aromatic nitrogens is 2. The van der Waals surface area contributed by atoms with Gasteiger partial charge in [-0.3, -0.25) is 4.79 Å². The minimum absolute atomic E-state index is 0.153. The van der Waals surface area contributed by atoms with Gasteiger partial charge in [-0.15, -0.1) is 0 Å². The molecule has 14 heavy (non-hydrogen) atoms. The Bertz CT molecular complexity index is 341. The predicted octanol–water partition coefficient (Wildman–Crippen LogP) is 1.80. The largest absolute Gasteiger partial charge is 0.481 e. The van der Waals surface area contributed by atoms with E-state index in [9.17, 15) is 9.18 Å². The Morgan fingerprint density at radius 2 is 2.29 bits per heavy atom. The van der Waals surface area contributed by atoms with E-state index < -0.39 is 17.6 Å². The topological polar surface area (TPSA) is 66.0 Å². The summed E-state index contributed by atoms with van der Waals surface area (Å²) >= 11 is 0. The first-order valence-electron chi connectivity index (χ1n) is 4.29. The van der Waals surface area contributed by atoms with Gasteiger partial charge in [0.1, 0.15) is 5.82 Å². The number of imidazole rings is 1. The highest BCUT2D eigenvalue weighted by atomic mass is 19.1. The maximum absolute atomic E-state index is 13.4. The number of rotatable bonds is 3. The van der Waals surface area contributed by atoms with Crippen LogP contribution in [0.2, 0.25) is 0 Å². The average molecular weight is 200 g/mol. The lowest BCUT2D eigenvalue weighted by Gasteiger charge is -2.10. The molecule has 0 spiro atoms. The van der Waals surface area contributed by atoms with Crippen molar-refractivity contribution in [2.45, 2.75) is 32.4 Å². The summed E-state index contributed by atoms with van der Waals surface area (Å²) in [4.78, 5) is 17.1. The number of nitrogens with one attached hydrogen (secondary N) is 1. The van der Waals surface area contributed by atoms with Crippen LogP contribution in [0.4, 0.5) is 4.39 Å². The monoisotopic (exact) mass is 200 g/mol. The van der Waals surface area contributed by atoms with Gasteiger partial charge in [0, 0.05) is 11.9 Å². The molecule has 1 rings (SSSR count). The molecule has 0 saturated carbocycles. The third kappa shape index (κ3) is 2.10. The number of nitrogens with zero attached hydrogens (tertiary/aromatic N) is 1. The Morgan fingerprint density at radius 1 is 1.71 bits per heavy atom. The molecule has 2 N–H and O–H groups in total. The van der Waals surface area contributed by atoms with Crippen molar-refractivity contribution in [2.75, 3.05) is 0 Å². The molecule has 0 bridgehead atoms. The summed E-state index contributed by atoms with van der Waals surface area (Å²) in [6.07, 6.45) is 1.36. The van der Waals surface area contributed by atoms with E-state index in [0.717, 1.165) is 0 Å². The van der Waals surface area contributed by atoms with Crippen LogP contribution < -0.4 is 0 Å². The molecule has 0 aromatic carbocycles. The number of H-pyrrole nitrogens is 1. The van der Waals surface area contributed by atoms with Gasteiger partial charge < -0.3 is 10.1 Å². The van der Waals surface area contributed by atoms with Crippen LogP contribution in [0.1, 0.15) is 38.2 Å². The van der Waals surface area contributed by atoms with E-state index in [1.54, 1.807) is 0 Å². The van der Waals surface area contributed by atoms with E-state index in [0.29, 0.717) is 5.69 Å². The molecule has 4 nitrogen and oxygen atoms in total. The number of aromatic amines is 1. The molecule has 5 heteroatoms. The van der Waals surface area contributed by atoms with Gasteiger partial charge in [-0.2, -0.15) is 0 Å². The molecule has 1 atom stereocenters. The summed E-state index contributed by atoms with van der Waals surface area (Å²) in [6, 6.07) is 0. The van der Waals surface area contributed by atoms with E-state index >= 15 is 0 Å². The van der Waals surface area contributed by atoms with E-state index in [4.69, 9.17) is 5.11 Å². The zero-order chi connectivity index (χ0) is 10.9. The lowest BCUT2D eigenvalue weighted by Crippen LogP contribution is -2.12. The first kappa shape index (κ1) is 10.7. The Balaban J connectivity index is 2.94. The number of aliphatic carboxylic acids is 1. The smallest absolute Gasteiger partial charge is 0.312 e. The maximum atomic E-state index is 13.4. The molecule has 1 aromatic rings. The minimum atomic E-state index is -1.57. The molecule has 0 fully saturated rings. The molecule has 1 heterocycles. The molecule has 0 aliphatic carbocycles. The highest BCUT2D eigenvalue weighted by Crippen LogP contribution is 2.23. The Labute approximate surface area is 81.2 Å². The maximum Gasteiger partial charge on any atom is 0.312 e. The Kier molecular flexibility index (Phi) is 2.59. The fourth-order valence-corrected chi connectivity index (χ4v) is 0.991. The van der Waals surface area contributed by atoms with Gasteiger partial charge >= 0.3 is 5.97 Å². The van der Waals surface area contributed by atoms with Crippen molar-refractivity contribution >= 4 is 5.97 Å². The second-order valence-electron chi connectivity index (χ2n) is 3.72. The predicted molar refractivity (Wildman–Crippen MR) is 48.8 cm³/mol. The average Bonchev–Trinajstić information content (AvgIpc) is 2.49. The van der Waals surface area contributed by atoms with Crippen LogP contribution in [0.5, 0.6) is 0 Å². The molecule has 1 aromatic heterocycles. The molecule has 0 aliphatic heterocycles. The van der Waals surface area contributed by atoms with Gasteiger partial charge in [-0.05, 0) is 20.8 Å².